The zero-order valence-electron chi connectivity index (χ0n) is 19.9. The quantitative estimate of drug-likeness (QED) is 0.499. The summed E-state index contributed by atoms with van der Waals surface area (Å²) in [6, 6.07) is 10.4. The smallest absolute Gasteiger partial charge is 0.166 e. The molecule has 2 aromatic carbocycles. The lowest BCUT2D eigenvalue weighted by atomic mass is 9.58. The zero-order chi connectivity index (χ0) is 23.4. The number of aliphatic hydroxyl groups excluding tert-OH is 1. The van der Waals surface area contributed by atoms with Gasteiger partial charge in [0.15, 0.2) is 17.6 Å². The summed E-state index contributed by atoms with van der Waals surface area (Å²) in [5.41, 5.74) is 4.96. The fourth-order valence-electron chi connectivity index (χ4n) is 8.86. The van der Waals surface area contributed by atoms with Gasteiger partial charge in [0.05, 0.1) is 34.4 Å². The highest BCUT2D eigenvalue weighted by atomic mass is 16.5. The third-order valence-corrected chi connectivity index (χ3v) is 10.4. The molecule has 3 N–H and O–H groups in total. The molecule has 1 saturated heterocycles. The number of phenolic OH excluding ortho intramolecular Hbond substituents is 1. The van der Waals surface area contributed by atoms with Crippen LogP contribution in [-0.2, 0) is 18.4 Å². The van der Waals surface area contributed by atoms with Crippen LogP contribution in [0.25, 0.3) is 10.9 Å². The maximum Gasteiger partial charge on any atom is 0.166 e. The number of aliphatic hydroxyl groups is 2. The van der Waals surface area contributed by atoms with Gasteiger partial charge in [-0.05, 0) is 55.7 Å². The minimum Gasteiger partial charge on any atom is -0.504 e. The molecule has 7 atom stereocenters. The van der Waals surface area contributed by atoms with Gasteiger partial charge in [-0.25, -0.2) is 0 Å². The Morgan fingerprint density at radius 1 is 1.14 bits per heavy atom. The highest BCUT2D eigenvalue weighted by Gasteiger charge is 2.81. The molecule has 2 unspecified atom stereocenters. The fraction of sp³-hybridized carbons (Fsp3) is 0.517. The molecule has 9 rings (SSSR count). The number of para-hydroxylation sites is 1. The average molecular weight is 471 g/mol. The Balaban J connectivity index is 1.33. The summed E-state index contributed by atoms with van der Waals surface area (Å²) in [4.78, 5) is 2.55. The third-order valence-electron chi connectivity index (χ3n) is 10.4. The van der Waals surface area contributed by atoms with Gasteiger partial charge in [-0.15, -0.1) is 0 Å². The number of aromatic hydroxyl groups is 1. The number of aryl methyl sites for hydroxylation is 2. The first-order valence-corrected chi connectivity index (χ1v) is 13.2. The fourth-order valence-corrected chi connectivity index (χ4v) is 8.86. The molecule has 35 heavy (non-hydrogen) atoms. The van der Waals surface area contributed by atoms with Gasteiger partial charge in [-0.2, -0.15) is 0 Å². The molecule has 0 amide bonds. The molecule has 3 aliphatic carbocycles. The van der Waals surface area contributed by atoms with Crippen LogP contribution in [0.3, 0.4) is 0 Å². The van der Waals surface area contributed by atoms with Crippen molar-refractivity contribution in [1.29, 1.82) is 0 Å². The Hall–Kier alpha value is -2.54. The molecule has 6 nitrogen and oxygen atoms in total. The topological polar surface area (TPSA) is 77.9 Å². The van der Waals surface area contributed by atoms with Crippen LogP contribution in [-0.4, -0.2) is 49.0 Å². The van der Waals surface area contributed by atoms with Gasteiger partial charge in [0.1, 0.15) is 0 Å². The Morgan fingerprint density at radius 2 is 2.00 bits per heavy atom. The first-order chi connectivity index (χ1) is 16.9. The molecule has 0 radical (unpaired) electrons. The second-order valence-corrected chi connectivity index (χ2v) is 12.1. The molecular formula is C29H30N2O4. The van der Waals surface area contributed by atoms with Crippen molar-refractivity contribution in [3.8, 4) is 11.5 Å². The van der Waals surface area contributed by atoms with Gasteiger partial charge in [0.25, 0.3) is 0 Å². The molecule has 2 saturated carbocycles. The van der Waals surface area contributed by atoms with E-state index >= 15 is 0 Å². The molecule has 1 aromatic heterocycles. The second kappa shape index (κ2) is 5.88. The van der Waals surface area contributed by atoms with Gasteiger partial charge in [-0.1, -0.05) is 24.3 Å². The van der Waals surface area contributed by atoms with Crippen LogP contribution in [0.4, 0.5) is 0 Å². The number of likely N-dealkylation sites (tertiary alicyclic amines) is 1. The van der Waals surface area contributed by atoms with E-state index in [1.54, 1.807) is 6.07 Å². The van der Waals surface area contributed by atoms with Crippen LogP contribution in [0.5, 0.6) is 11.5 Å². The zero-order valence-corrected chi connectivity index (χ0v) is 19.9. The standard InChI is InChI=1S/C29H30N2O4/c1-14-5-8-21(33)25-22(14)28-12-19-26(31(19)13-15-6-7-15)29(28,34)11-18-16-3-2-4-17-20(32)9-10-30(23(16)17)24(18)27(28)35-25/h2-5,8,15,19-20,26-27,32-34H,6-7,9-13H2,1H3/t19?,20-,26-,27+,28+,29-,31?/m1/s1. The van der Waals surface area contributed by atoms with Crippen molar-refractivity contribution in [2.75, 3.05) is 6.54 Å². The molecule has 180 valence electrons. The van der Waals surface area contributed by atoms with E-state index in [1.807, 2.05) is 18.2 Å². The molecule has 3 aliphatic heterocycles. The lowest BCUT2D eigenvalue weighted by molar-refractivity contribution is -0.0873. The molecule has 1 spiro atoms. The Bertz CT molecular complexity index is 1470. The van der Waals surface area contributed by atoms with Crippen molar-refractivity contribution in [1.82, 2.24) is 9.47 Å². The number of piperidine rings is 1. The van der Waals surface area contributed by atoms with Crippen molar-refractivity contribution in [2.24, 2.45) is 5.92 Å². The number of aromatic nitrogens is 1. The number of nitrogens with zero attached hydrogens (tertiary/aromatic N) is 2. The number of hydrogen-bond acceptors (Lipinski definition) is 5. The molecular weight excluding hydrogens is 440 g/mol. The maximum absolute atomic E-state index is 12.9. The number of hydrogen-bond donors (Lipinski definition) is 3. The second-order valence-electron chi connectivity index (χ2n) is 12.1. The lowest BCUT2D eigenvalue weighted by Gasteiger charge is -2.49. The number of rotatable bonds is 2. The van der Waals surface area contributed by atoms with E-state index < -0.39 is 17.1 Å². The van der Waals surface area contributed by atoms with E-state index in [9.17, 15) is 15.3 Å². The SMILES string of the molecule is Cc1ccc(O)c2c1[C@]13CC4[C@@H](N4CC4CC4)[C@]1(O)Cc1c(n4c5c(cccc15)[C@H](O)CC4)[C@@H]3O2. The maximum atomic E-state index is 12.9. The monoisotopic (exact) mass is 470 g/mol. The van der Waals surface area contributed by atoms with Gasteiger partial charge in [-0.3, -0.25) is 4.90 Å². The van der Waals surface area contributed by atoms with Crippen LogP contribution in [0.15, 0.2) is 30.3 Å². The minimum atomic E-state index is -0.962. The average Bonchev–Trinajstić information content (AvgIpc) is 3.70. The first kappa shape index (κ1) is 19.6. The Kier molecular flexibility index (Phi) is 3.30. The summed E-state index contributed by atoms with van der Waals surface area (Å²) >= 11 is 0. The highest BCUT2D eigenvalue weighted by molar-refractivity contribution is 5.90. The normalized spacial score (nSPS) is 39.5. The molecule has 6 aliphatic rings. The first-order valence-electron chi connectivity index (χ1n) is 13.2. The van der Waals surface area contributed by atoms with Crippen molar-refractivity contribution >= 4 is 10.9 Å². The van der Waals surface area contributed by atoms with Crippen LogP contribution in [0, 0.1) is 12.8 Å². The van der Waals surface area contributed by atoms with Gasteiger partial charge < -0.3 is 24.6 Å². The van der Waals surface area contributed by atoms with Gasteiger partial charge in [0.2, 0.25) is 0 Å². The Morgan fingerprint density at radius 3 is 2.83 bits per heavy atom. The van der Waals surface area contributed by atoms with Crippen LogP contribution >= 0.6 is 0 Å². The van der Waals surface area contributed by atoms with Crippen LogP contribution in [0.2, 0.25) is 0 Å². The predicted molar refractivity (Wildman–Crippen MR) is 130 cm³/mol. The van der Waals surface area contributed by atoms with Crippen LogP contribution in [0.1, 0.15) is 65.8 Å². The Labute approximate surface area is 203 Å². The molecule has 3 aromatic rings. The number of ether oxygens (including phenoxy) is 1. The van der Waals surface area contributed by atoms with E-state index in [0.717, 1.165) is 58.7 Å². The number of benzene rings is 2. The van der Waals surface area contributed by atoms with Crippen molar-refractivity contribution in [3.05, 3.63) is 58.3 Å². The van der Waals surface area contributed by atoms with Crippen molar-refractivity contribution in [3.63, 3.8) is 0 Å². The molecule has 0 bridgehead atoms. The van der Waals surface area contributed by atoms with Crippen LogP contribution < -0.4 is 4.74 Å². The molecule has 6 heteroatoms. The molecule has 4 heterocycles. The van der Waals surface area contributed by atoms with Gasteiger partial charge in [0, 0.05) is 42.1 Å². The van der Waals surface area contributed by atoms with E-state index in [-0.39, 0.29) is 17.9 Å². The van der Waals surface area contributed by atoms with E-state index in [1.165, 1.54) is 18.4 Å². The summed E-state index contributed by atoms with van der Waals surface area (Å²) in [6.45, 7) is 3.92. The van der Waals surface area contributed by atoms with Crippen molar-refractivity contribution in [2.45, 2.75) is 80.9 Å². The molecule has 3 fully saturated rings. The number of fused-ring (bicyclic) bond motifs is 7. The summed E-state index contributed by atoms with van der Waals surface area (Å²) in [5.74, 6) is 1.51. The third kappa shape index (κ3) is 2.05. The summed E-state index contributed by atoms with van der Waals surface area (Å²) in [7, 11) is 0. The van der Waals surface area contributed by atoms with E-state index in [0.29, 0.717) is 24.6 Å². The highest BCUT2D eigenvalue weighted by Crippen LogP contribution is 2.73. The van der Waals surface area contributed by atoms with Gasteiger partial charge >= 0.3 is 0 Å². The summed E-state index contributed by atoms with van der Waals surface area (Å²) in [5, 5.41) is 35.7. The summed E-state index contributed by atoms with van der Waals surface area (Å²) in [6.07, 6.45) is 3.93. The summed E-state index contributed by atoms with van der Waals surface area (Å²) < 4.78 is 9.13. The number of phenols is 1. The van der Waals surface area contributed by atoms with Crippen molar-refractivity contribution < 1.29 is 20.1 Å². The predicted octanol–water partition coefficient (Wildman–Crippen LogP) is 3.62. The largest absolute Gasteiger partial charge is 0.504 e. The van der Waals surface area contributed by atoms with E-state index in [4.69, 9.17) is 4.74 Å². The minimum absolute atomic E-state index is 0.132. The van der Waals surface area contributed by atoms with E-state index in [2.05, 4.69) is 22.5 Å². The lowest BCUT2D eigenvalue weighted by Crippen LogP contribution is -2.60.